The molecule has 2 N–H and O–H groups in total. The van der Waals surface area contributed by atoms with Gasteiger partial charge in [-0.05, 0) is 42.7 Å². The molecule has 8 heteroatoms. The molecule has 2 heterocycles. The molecule has 0 saturated carbocycles. The summed E-state index contributed by atoms with van der Waals surface area (Å²) in [6.45, 7) is 3.87. The Bertz CT molecular complexity index is 940. The van der Waals surface area contributed by atoms with Gasteiger partial charge in [0.25, 0.3) is 0 Å². The van der Waals surface area contributed by atoms with Gasteiger partial charge in [0, 0.05) is 33.0 Å². The van der Waals surface area contributed by atoms with Gasteiger partial charge in [-0.15, -0.1) is 10.2 Å². The summed E-state index contributed by atoms with van der Waals surface area (Å²) in [5.74, 6) is 3.37. The van der Waals surface area contributed by atoms with Gasteiger partial charge in [0.2, 0.25) is 0 Å². The van der Waals surface area contributed by atoms with Crippen LogP contribution in [-0.2, 0) is 33.6 Å². The van der Waals surface area contributed by atoms with Crippen LogP contribution in [0.25, 0.3) is 0 Å². The number of aromatic nitrogens is 4. The normalized spacial score (nSPS) is 11.5. The molecule has 0 aliphatic carbocycles. The molecule has 3 aromatic rings. The van der Waals surface area contributed by atoms with E-state index in [4.69, 9.17) is 9.73 Å². The molecular formula is C21H29N7O. The smallest absolute Gasteiger partial charge is 0.191 e. The number of aliphatic imine (C=N–C) groups is 1. The van der Waals surface area contributed by atoms with Gasteiger partial charge in [0.05, 0.1) is 20.2 Å². The van der Waals surface area contributed by atoms with E-state index < -0.39 is 0 Å². The summed E-state index contributed by atoms with van der Waals surface area (Å²) in [6, 6.07) is 10.2. The summed E-state index contributed by atoms with van der Waals surface area (Å²) < 4.78 is 9.21. The third kappa shape index (κ3) is 5.84. The van der Waals surface area contributed by atoms with Gasteiger partial charge < -0.3 is 24.5 Å². The molecule has 0 unspecified atom stereocenters. The summed E-state index contributed by atoms with van der Waals surface area (Å²) >= 11 is 0. The first kappa shape index (κ1) is 20.4. The van der Waals surface area contributed by atoms with Crippen LogP contribution in [0.4, 0.5) is 0 Å². The predicted molar refractivity (Wildman–Crippen MR) is 114 cm³/mol. The van der Waals surface area contributed by atoms with E-state index in [2.05, 4.69) is 45.2 Å². The first-order valence-corrected chi connectivity index (χ1v) is 9.66. The Balaban J connectivity index is 1.60. The Morgan fingerprint density at radius 3 is 2.48 bits per heavy atom. The van der Waals surface area contributed by atoms with E-state index >= 15 is 0 Å². The fraction of sp³-hybridized carbons (Fsp3) is 0.381. The highest BCUT2D eigenvalue weighted by Gasteiger charge is 2.06. The Hall–Kier alpha value is -3.29. The van der Waals surface area contributed by atoms with Crippen molar-refractivity contribution in [3.63, 3.8) is 0 Å². The second-order valence-corrected chi connectivity index (χ2v) is 6.95. The van der Waals surface area contributed by atoms with Crippen LogP contribution in [0, 0.1) is 6.92 Å². The fourth-order valence-electron chi connectivity index (χ4n) is 2.88. The van der Waals surface area contributed by atoms with E-state index in [0.29, 0.717) is 13.1 Å². The summed E-state index contributed by atoms with van der Waals surface area (Å²) in [6.07, 6.45) is 4.99. The highest BCUT2D eigenvalue weighted by molar-refractivity contribution is 5.79. The fourth-order valence-corrected chi connectivity index (χ4v) is 2.88. The molecule has 0 fully saturated rings. The third-order valence-electron chi connectivity index (χ3n) is 4.77. The summed E-state index contributed by atoms with van der Waals surface area (Å²) in [5, 5.41) is 15.1. The number of guanidine groups is 1. The molecule has 29 heavy (non-hydrogen) atoms. The summed E-state index contributed by atoms with van der Waals surface area (Å²) in [4.78, 5) is 4.72. The van der Waals surface area contributed by atoms with Crippen molar-refractivity contribution in [2.24, 2.45) is 19.1 Å². The molecule has 2 aromatic heterocycles. The van der Waals surface area contributed by atoms with Crippen molar-refractivity contribution in [1.29, 1.82) is 0 Å². The van der Waals surface area contributed by atoms with Crippen LogP contribution in [0.1, 0.15) is 22.8 Å². The zero-order chi connectivity index (χ0) is 20.6. The number of nitrogens with one attached hydrogen (secondary N) is 2. The van der Waals surface area contributed by atoms with Crippen LogP contribution in [0.5, 0.6) is 5.75 Å². The molecule has 0 amide bonds. The molecule has 3 rings (SSSR count). The third-order valence-corrected chi connectivity index (χ3v) is 4.77. The molecule has 8 nitrogen and oxygen atoms in total. The SMILES string of the molecule is COc1ccc(CCNC(=NCc2ccn(C)c2)NCc2nnc(C)n2C)cc1. The van der Waals surface area contributed by atoms with Crippen LogP contribution in [0.2, 0.25) is 0 Å². The first-order chi connectivity index (χ1) is 14.0. The topological polar surface area (TPSA) is 81.3 Å². The van der Waals surface area contributed by atoms with E-state index in [1.54, 1.807) is 7.11 Å². The van der Waals surface area contributed by atoms with Gasteiger partial charge in [-0.25, -0.2) is 4.99 Å². The largest absolute Gasteiger partial charge is 0.497 e. The Morgan fingerprint density at radius 2 is 1.86 bits per heavy atom. The number of benzene rings is 1. The van der Waals surface area contributed by atoms with Crippen molar-refractivity contribution in [3.05, 3.63) is 65.5 Å². The molecule has 0 aliphatic heterocycles. The maximum Gasteiger partial charge on any atom is 0.191 e. The van der Waals surface area contributed by atoms with Gasteiger partial charge in [0.1, 0.15) is 11.6 Å². The highest BCUT2D eigenvalue weighted by atomic mass is 16.5. The van der Waals surface area contributed by atoms with Crippen LogP contribution >= 0.6 is 0 Å². The van der Waals surface area contributed by atoms with Crippen molar-refractivity contribution in [2.75, 3.05) is 13.7 Å². The molecule has 0 atom stereocenters. The van der Waals surface area contributed by atoms with Crippen LogP contribution in [0.3, 0.4) is 0 Å². The summed E-state index contributed by atoms with van der Waals surface area (Å²) in [5.41, 5.74) is 2.41. The second kappa shape index (κ2) is 9.77. The van der Waals surface area contributed by atoms with E-state index in [-0.39, 0.29) is 0 Å². The van der Waals surface area contributed by atoms with Gasteiger partial charge in [-0.3, -0.25) is 0 Å². The van der Waals surface area contributed by atoms with E-state index in [0.717, 1.165) is 36.3 Å². The minimum absolute atomic E-state index is 0.556. The van der Waals surface area contributed by atoms with Crippen LogP contribution < -0.4 is 15.4 Å². The van der Waals surface area contributed by atoms with Crippen molar-refractivity contribution < 1.29 is 4.74 Å². The zero-order valence-corrected chi connectivity index (χ0v) is 17.5. The Labute approximate surface area is 171 Å². The molecule has 0 radical (unpaired) electrons. The molecular weight excluding hydrogens is 366 g/mol. The van der Waals surface area contributed by atoms with Crippen LogP contribution in [0.15, 0.2) is 47.7 Å². The minimum Gasteiger partial charge on any atom is -0.497 e. The van der Waals surface area contributed by atoms with Crippen molar-refractivity contribution in [2.45, 2.75) is 26.4 Å². The maximum atomic E-state index is 5.21. The number of methoxy groups -OCH3 is 1. The number of hydrogen-bond donors (Lipinski definition) is 2. The molecule has 154 valence electrons. The lowest BCUT2D eigenvalue weighted by molar-refractivity contribution is 0.414. The van der Waals surface area contributed by atoms with Gasteiger partial charge in [0.15, 0.2) is 11.8 Å². The first-order valence-electron chi connectivity index (χ1n) is 9.66. The summed E-state index contributed by atoms with van der Waals surface area (Å²) in [7, 11) is 5.65. The second-order valence-electron chi connectivity index (χ2n) is 6.95. The van der Waals surface area contributed by atoms with E-state index in [9.17, 15) is 0 Å². The number of ether oxygens (including phenoxy) is 1. The predicted octanol–water partition coefficient (Wildman–Crippen LogP) is 1.95. The Morgan fingerprint density at radius 1 is 1.07 bits per heavy atom. The van der Waals surface area contributed by atoms with Gasteiger partial charge >= 0.3 is 0 Å². The molecule has 0 bridgehead atoms. The van der Waals surface area contributed by atoms with E-state index in [1.165, 1.54) is 11.1 Å². The van der Waals surface area contributed by atoms with E-state index in [1.807, 2.05) is 48.5 Å². The highest BCUT2D eigenvalue weighted by Crippen LogP contribution is 2.11. The zero-order valence-electron chi connectivity index (χ0n) is 17.5. The number of rotatable bonds is 8. The number of hydrogen-bond acceptors (Lipinski definition) is 4. The quantitative estimate of drug-likeness (QED) is 0.450. The van der Waals surface area contributed by atoms with Crippen molar-refractivity contribution in [3.8, 4) is 5.75 Å². The number of aryl methyl sites for hydroxylation is 2. The van der Waals surface area contributed by atoms with Crippen LogP contribution in [-0.4, -0.2) is 38.9 Å². The van der Waals surface area contributed by atoms with Gasteiger partial charge in [-0.1, -0.05) is 12.1 Å². The molecule has 0 spiro atoms. The standard InChI is InChI=1S/C21H29N7O/c1-16-25-26-20(28(16)3)14-24-21(23-13-18-10-12-27(2)15-18)22-11-9-17-5-7-19(29-4)8-6-17/h5-8,10,12,15H,9,11,13-14H2,1-4H3,(H2,22,23,24). The minimum atomic E-state index is 0.556. The lowest BCUT2D eigenvalue weighted by Crippen LogP contribution is -2.38. The van der Waals surface area contributed by atoms with Crippen molar-refractivity contribution in [1.82, 2.24) is 30.0 Å². The monoisotopic (exact) mass is 395 g/mol. The average molecular weight is 396 g/mol. The molecule has 0 aliphatic rings. The van der Waals surface area contributed by atoms with Gasteiger partial charge in [-0.2, -0.15) is 0 Å². The van der Waals surface area contributed by atoms with Crippen molar-refractivity contribution >= 4 is 5.96 Å². The Kier molecular flexibility index (Phi) is 6.89. The molecule has 0 saturated heterocycles. The molecule has 1 aromatic carbocycles. The lowest BCUT2D eigenvalue weighted by Gasteiger charge is -2.13. The average Bonchev–Trinajstić information content (AvgIpc) is 3.29. The number of nitrogens with zero attached hydrogens (tertiary/aromatic N) is 5. The maximum absolute atomic E-state index is 5.21. The lowest BCUT2D eigenvalue weighted by atomic mass is 10.1.